The molecule has 1 fully saturated rings. The molecule has 1 aliphatic heterocycles. The van der Waals surface area contributed by atoms with Gasteiger partial charge in [-0.1, -0.05) is 13.0 Å². The van der Waals surface area contributed by atoms with E-state index in [0.717, 1.165) is 37.2 Å². The number of nitrogens with zero attached hydrogens (tertiary/aromatic N) is 2. The number of methoxy groups -OCH3 is 1. The van der Waals surface area contributed by atoms with Gasteiger partial charge in [-0.15, -0.1) is 0 Å². The number of carboxylic acid groups (broad SMARTS) is 1. The average Bonchev–Trinajstić information content (AvgIpc) is 3.20. The summed E-state index contributed by atoms with van der Waals surface area (Å²) < 4.78 is 11.0. The molecule has 8 heteroatoms. The quantitative estimate of drug-likeness (QED) is 0.477. The predicted octanol–water partition coefficient (Wildman–Crippen LogP) is 2.96. The number of carbonyl (C=O) groups is 2. The highest BCUT2D eigenvalue weighted by Gasteiger charge is 2.33. The van der Waals surface area contributed by atoms with Gasteiger partial charge in [-0.25, -0.2) is 4.79 Å². The van der Waals surface area contributed by atoms with Gasteiger partial charge in [-0.2, -0.15) is 0 Å². The van der Waals surface area contributed by atoms with Crippen molar-refractivity contribution in [1.82, 2.24) is 15.1 Å². The van der Waals surface area contributed by atoms with Crippen LogP contribution >= 0.6 is 0 Å². The molecule has 2 rings (SSSR count). The minimum absolute atomic E-state index is 0.0258. The van der Waals surface area contributed by atoms with E-state index in [2.05, 4.69) is 12.2 Å². The van der Waals surface area contributed by atoms with Crippen molar-refractivity contribution in [2.75, 3.05) is 53.6 Å². The van der Waals surface area contributed by atoms with Crippen LogP contribution in [0.5, 0.6) is 5.75 Å². The molecule has 0 aliphatic carbocycles. The zero-order valence-electron chi connectivity index (χ0n) is 20.1. The molecule has 1 heterocycles. The summed E-state index contributed by atoms with van der Waals surface area (Å²) in [6.45, 7) is 9.85. The minimum atomic E-state index is -0.929. The zero-order valence-corrected chi connectivity index (χ0v) is 20.1. The number of hydrogen-bond donors (Lipinski definition) is 2. The SMILES string of the molecule is CCc1ccc(C(=O)N(C[C@@H]2CNC[C@H]2CN(C)C(=O)O)C(C)C)cc1OCCCOC. The Morgan fingerprint density at radius 2 is 1.88 bits per heavy atom. The van der Waals surface area contributed by atoms with E-state index >= 15 is 0 Å². The summed E-state index contributed by atoms with van der Waals surface area (Å²) in [7, 11) is 3.26. The van der Waals surface area contributed by atoms with E-state index in [1.165, 1.54) is 4.90 Å². The number of ether oxygens (including phenoxy) is 2. The van der Waals surface area contributed by atoms with Crippen molar-refractivity contribution in [3.8, 4) is 5.75 Å². The fourth-order valence-corrected chi connectivity index (χ4v) is 4.09. The van der Waals surface area contributed by atoms with Crippen LogP contribution in [0, 0.1) is 11.8 Å². The number of hydrogen-bond acceptors (Lipinski definition) is 5. The molecule has 2 amide bonds. The predicted molar refractivity (Wildman–Crippen MR) is 124 cm³/mol. The van der Waals surface area contributed by atoms with Crippen LogP contribution in [0.1, 0.15) is 43.1 Å². The van der Waals surface area contributed by atoms with Gasteiger partial charge in [0.2, 0.25) is 0 Å². The second-order valence-corrected chi connectivity index (χ2v) is 8.76. The maximum absolute atomic E-state index is 13.5. The van der Waals surface area contributed by atoms with Crippen LogP contribution in [0.3, 0.4) is 0 Å². The van der Waals surface area contributed by atoms with E-state index in [-0.39, 0.29) is 23.8 Å². The largest absolute Gasteiger partial charge is 0.493 e. The van der Waals surface area contributed by atoms with E-state index in [0.29, 0.717) is 31.9 Å². The lowest BCUT2D eigenvalue weighted by Crippen LogP contribution is -2.43. The summed E-state index contributed by atoms with van der Waals surface area (Å²) in [5, 5.41) is 12.6. The Labute approximate surface area is 191 Å². The molecule has 1 aliphatic rings. The lowest BCUT2D eigenvalue weighted by molar-refractivity contribution is 0.0652. The normalized spacial score (nSPS) is 18.1. The summed E-state index contributed by atoms with van der Waals surface area (Å²) in [4.78, 5) is 27.9. The van der Waals surface area contributed by atoms with Gasteiger partial charge in [0.15, 0.2) is 0 Å². The fourth-order valence-electron chi connectivity index (χ4n) is 4.09. The topological polar surface area (TPSA) is 91.3 Å². The molecule has 2 atom stereocenters. The first-order valence-corrected chi connectivity index (χ1v) is 11.5. The van der Waals surface area contributed by atoms with E-state index in [9.17, 15) is 14.7 Å². The third-order valence-electron chi connectivity index (χ3n) is 6.08. The van der Waals surface area contributed by atoms with Gasteiger partial charge in [-0.05, 0) is 49.8 Å². The van der Waals surface area contributed by atoms with Crippen LogP contribution in [0.2, 0.25) is 0 Å². The van der Waals surface area contributed by atoms with E-state index in [4.69, 9.17) is 9.47 Å². The molecular formula is C24H39N3O5. The highest BCUT2D eigenvalue weighted by molar-refractivity contribution is 5.95. The van der Waals surface area contributed by atoms with Crippen LogP contribution in [-0.2, 0) is 11.2 Å². The first-order chi connectivity index (χ1) is 15.3. The van der Waals surface area contributed by atoms with E-state index in [1.807, 2.05) is 36.9 Å². The summed E-state index contributed by atoms with van der Waals surface area (Å²) in [5.41, 5.74) is 1.69. The van der Waals surface area contributed by atoms with Crippen LogP contribution in [-0.4, -0.2) is 86.5 Å². The third kappa shape index (κ3) is 7.10. The first-order valence-electron chi connectivity index (χ1n) is 11.5. The Morgan fingerprint density at radius 3 is 2.47 bits per heavy atom. The van der Waals surface area contributed by atoms with Gasteiger partial charge in [0.1, 0.15) is 5.75 Å². The number of amides is 2. The molecule has 8 nitrogen and oxygen atoms in total. The molecule has 0 unspecified atom stereocenters. The summed E-state index contributed by atoms with van der Waals surface area (Å²) in [6, 6.07) is 5.73. The van der Waals surface area contributed by atoms with Gasteiger partial charge >= 0.3 is 6.09 Å². The molecule has 180 valence electrons. The third-order valence-corrected chi connectivity index (χ3v) is 6.08. The van der Waals surface area contributed by atoms with Gasteiger partial charge < -0.3 is 29.7 Å². The number of aryl methyl sites for hydroxylation is 1. The summed E-state index contributed by atoms with van der Waals surface area (Å²) in [5.74, 6) is 1.10. The van der Waals surface area contributed by atoms with Crippen molar-refractivity contribution in [3.63, 3.8) is 0 Å². The van der Waals surface area contributed by atoms with Gasteiger partial charge in [0.25, 0.3) is 5.91 Å². The molecule has 1 saturated heterocycles. The van der Waals surface area contributed by atoms with Crippen LogP contribution in [0.25, 0.3) is 0 Å². The molecule has 0 radical (unpaired) electrons. The molecule has 2 N–H and O–H groups in total. The van der Waals surface area contributed by atoms with Gasteiger partial charge in [0.05, 0.1) is 6.61 Å². The molecule has 1 aromatic rings. The highest BCUT2D eigenvalue weighted by Crippen LogP contribution is 2.25. The molecule has 32 heavy (non-hydrogen) atoms. The Bertz CT molecular complexity index is 755. The second-order valence-electron chi connectivity index (χ2n) is 8.76. The Morgan fingerprint density at radius 1 is 1.19 bits per heavy atom. The van der Waals surface area contributed by atoms with Crippen molar-refractivity contribution in [2.24, 2.45) is 11.8 Å². The Hall–Kier alpha value is -2.32. The zero-order chi connectivity index (χ0) is 23.7. The maximum atomic E-state index is 13.5. The van der Waals surface area contributed by atoms with Crippen molar-refractivity contribution < 1.29 is 24.2 Å². The van der Waals surface area contributed by atoms with Crippen LogP contribution in [0.15, 0.2) is 18.2 Å². The van der Waals surface area contributed by atoms with Crippen LogP contribution in [0.4, 0.5) is 4.79 Å². The average molecular weight is 450 g/mol. The second kappa shape index (κ2) is 12.6. The maximum Gasteiger partial charge on any atom is 0.407 e. The number of nitrogens with one attached hydrogen (secondary N) is 1. The van der Waals surface area contributed by atoms with E-state index < -0.39 is 6.09 Å². The van der Waals surface area contributed by atoms with Crippen molar-refractivity contribution in [2.45, 2.75) is 39.7 Å². The van der Waals surface area contributed by atoms with Crippen LogP contribution < -0.4 is 10.1 Å². The first kappa shape index (κ1) is 25.9. The lowest BCUT2D eigenvalue weighted by Gasteiger charge is -2.32. The number of carbonyl (C=O) groups excluding carboxylic acids is 1. The van der Waals surface area contributed by atoms with E-state index in [1.54, 1.807) is 14.2 Å². The standard InChI is InChI=1S/C24H39N3O5/c1-6-18-8-9-19(12-22(18)32-11-7-10-31-5)23(28)27(17(2)3)16-21-14-25-13-20(21)15-26(4)24(29)30/h8-9,12,17,20-21,25H,6-7,10-11,13-16H2,1-5H3,(H,29,30)/t20-,21-/m0/s1. The van der Waals surface area contributed by atoms with Crippen molar-refractivity contribution in [3.05, 3.63) is 29.3 Å². The summed E-state index contributed by atoms with van der Waals surface area (Å²) >= 11 is 0. The lowest BCUT2D eigenvalue weighted by atomic mass is 9.94. The molecule has 1 aromatic carbocycles. The Kier molecular flexibility index (Phi) is 10.3. The van der Waals surface area contributed by atoms with Crippen molar-refractivity contribution >= 4 is 12.0 Å². The molecular weight excluding hydrogens is 410 g/mol. The smallest absolute Gasteiger partial charge is 0.407 e. The van der Waals surface area contributed by atoms with Gasteiger partial charge in [-0.3, -0.25) is 4.79 Å². The Balaban J connectivity index is 2.14. The van der Waals surface area contributed by atoms with Crippen molar-refractivity contribution in [1.29, 1.82) is 0 Å². The summed E-state index contributed by atoms with van der Waals surface area (Å²) in [6.07, 6.45) is 0.687. The van der Waals surface area contributed by atoms with Gasteiger partial charge in [0, 0.05) is 65.0 Å². The fraction of sp³-hybridized carbons (Fsp3) is 0.667. The molecule has 0 bridgehead atoms. The monoisotopic (exact) mass is 449 g/mol. The molecule has 0 aromatic heterocycles. The molecule has 0 spiro atoms. The number of benzene rings is 1. The number of rotatable bonds is 12. The highest BCUT2D eigenvalue weighted by atomic mass is 16.5. The molecule has 0 saturated carbocycles. The minimum Gasteiger partial charge on any atom is -0.493 e.